The molecule has 0 saturated carbocycles. The van der Waals surface area contributed by atoms with E-state index >= 15 is 0 Å². The quantitative estimate of drug-likeness (QED) is 0.810. The Morgan fingerprint density at radius 1 is 1.17 bits per heavy atom. The van der Waals surface area contributed by atoms with Crippen molar-refractivity contribution in [3.8, 4) is 11.1 Å². The monoisotopic (exact) mass is 330 g/mol. The van der Waals surface area contributed by atoms with E-state index < -0.39 is 5.24 Å². The smallest absolute Gasteiger partial charge is 0.254 e. The van der Waals surface area contributed by atoms with Crippen LogP contribution >= 0.6 is 11.6 Å². The summed E-state index contributed by atoms with van der Waals surface area (Å²) in [5.41, 5.74) is 2.98. The maximum Gasteiger partial charge on any atom is 0.254 e. The third kappa shape index (κ3) is 3.35. The van der Waals surface area contributed by atoms with Crippen LogP contribution in [-0.2, 0) is 0 Å². The van der Waals surface area contributed by atoms with Crippen LogP contribution < -0.4 is 4.90 Å². The number of hydrogen-bond acceptors (Lipinski definition) is 5. The maximum atomic E-state index is 11.8. The average Bonchev–Trinajstić information content (AvgIpc) is 2.55. The highest BCUT2D eigenvalue weighted by Gasteiger charge is 2.19. The molecule has 2 aromatic rings. The summed E-state index contributed by atoms with van der Waals surface area (Å²) in [5, 5.41) is -0.499. The van der Waals surface area contributed by atoms with Gasteiger partial charge in [0.15, 0.2) is 0 Å². The lowest BCUT2D eigenvalue weighted by atomic mass is 10.0. The zero-order chi connectivity index (χ0) is 16.4. The molecule has 6 heteroatoms. The molecule has 0 spiro atoms. The van der Waals surface area contributed by atoms with Crippen LogP contribution in [0.2, 0.25) is 0 Å². The number of carbonyl (C=O) groups excluding carboxylic acids is 1. The Hall–Kier alpha value is -1.98. The molecule has 2 aromatic heterocycles. The molecule has 0 aromatic carbocycles. The molecule has 0 unspecified atom stereocenters. The predicted octanol–water partition coefficient (Wildman–Crippen LogP) is 2.58. The van der Waals surface area contributed by atoms with E-state index in [2.05, 4.69) is 26.8 Å². The fourth-order valence-electron chi connectivity index (χ4n) is 2.80. The molecule has 1 aliphatic heterocycles. The van der Waals surface area contributed by atoms with Gasteiger partial charge in [-0.05, 0) is 37.7 Å². The first-order chi connectivity index (χ1) is 11.1. The summed E-state index contributed by atoms with van der Waals surface area (Å²) < 4.78 is 0. The summed E-state index contributed by atoms with van der Waals surface area (Å²) in [6.07, 6.45) is 3.31. The standard InChI is InChI=1S/C17H19ClN4O/c1-12-13(4-3-5-19-12)14-10-16(20-11-15(14)17(18)23)22-8-6-21(2)7-9-22/h3-5,10-11H,6-9H2,1-2H3. The van der Waals surface area contributed by atoms with Gasteiger partial charge in [0.05, 0.1) is 5.56 Å². The molecular formula is C17H19ClN4O. The van der Waals surface area contributed by atoms with Crippen molar-refractivity contribution in [2.24, 2.45) is 0 Å². The minimum absolute atomic E-state index is 0.417. The van der Waals surface area contributed by atoms with E-state index in [-0.39, 0.29) is 0 Å². The molecule has 1 fully saturated rings. The first kappa shape index (κ1) is 15.9. The van der Waals surface area contributed by atoms with Crippen LogP contribution in [0.5, 0.6) is 0 Å². The van der Waals surface area contributed by atoms with Crippen molar-refractivity contribution in [1.29, 1.82) is 0 Å². The average molecular weight is 331 g/mol. The molecule has 23 heavy (non-hydrogen) atoms. The molecule has 3 rings (SSSR count). The molecule has 0 atom stereocenters. The molecular weight excluding hydrogens is 312 g/mol. The third-order valence-corrected chi connectivity index (χ3v) is 4.43. The molecule has 0 bridgehead atoms. The number of carbonyl (C=O) groups is 1. The highest BCUT2D eigenvalue weighted by atomic mass is 35.5. The summed E-state index contributed by atoms with van der Waals surface area (Å²) in [6.45, 7) is 5.76. The summed E-state index contributed by atoms with van der Waals surface area (Å²) in [4.78, 5) is 25.1. The van der Waals surface area contributed by atoms with Crippen LogP contribution in [0.4, 0.5) is 5.82 Å². The normalized spacial score (nSPS) is 15.7. The van der Waals surface area contributed by atoms with Gasteiger partial charge in [0.1, 0.15) is 5.82 Å². The van der Waals surface area contributed by atoms with Crippen LogP contribution in [0.25, 0.3) is 11.1 Å². The maximum absolute atomic E-state index is 11.8. The summed E-state index contributed by atoms with van der Waals surface area (Å²) in [5.74, 6) is 0.873. The number of piperazine rings is 1. The lowest BCUT2D eigenvalue weighted by Gasteiger charge is -2.33. The fraction of sp³-hybridized carbons (Fsp3) is 0.353. The molecule has 0 radical (unpaired) electrons. The number of aromatic nitrogens is 2. The van der Waals surface area contributed by atoms with Crippen molar-refractivity contribution >= 4 is 22.7 Å². The highest BCUT2D eigenvalue weighted by Crippen LogP contribution is 2.30. The van der Waals surface area contributed by atoms with Crippen molar-refractivity contribution in [3.63, 3.8) is 0 Å². The number of hydrogen-bond donors (Lipinski definition) is 0. The van der Waals surface area contributed by atoms with E-state index in [4.69, 9.17) is 11.6 Å². The van der Waals surface area contributed by atoms with Gasteiger partial charge in [-0.25, -0.2) is 4.98 Å². The molecule has 0 aliphatic carbocycles. The largest absolute Gasteiger partial charge is 0.354 e. The van der Waals surface area contributed by atoms with Crippen LogP contribution in [0.1, 0.15) is 16.1 Å². The topological polar surface area (TPSA) is 49.3 Å². The van der Waals surface area contributed by atoms with Gasteiger partial charge in [0.2, 0.25) is 0 Å². The first-order valence-corrected chi connectivity index (χ1v) is 7.99. The van der Waals surface area contributed by atoms with Crippen molar-refractivity contribution in [1.82, 2.24) is 14.9 Å². The van der Waals surface area contributed by atoms with E-state index in [0.29, 0.717) is 5.56 Å². The van der Waals surface area contributed by atoms with E-state index in [1.807, 2.05) is 25.1 Å². The summed E-state index contributed by atoms with van der Waals surface area (Å²) in [7, 11) is 2.12. The van der Waals surface area contributed by atoms with E-state index in [9.17, 15) is 4.79 Å². The Morgan fingerprint density at radius 3 is 2.57 bits per heavy atom. The Balaban J connectivity index is 2.04. The number of anilines is 1. The second-order valence-electron chi connectivity index (χ2n) is 5.79. The number of rotatable bonds is 3. The molecule has 1 aliphatic rings. The minimum atomic E-state index is -0.499. The minimum Gasteiger partial charge on any atom is -0.354 e. The van der Waals surface area contributed by atoms with Gasteiger partial charge in [-0.1, -0.05) is 6.07 Å². The van der Waals surface area contributed by atoms with Crippen LogP contribution in [-0.4, -0.2) is 53.3 Å². The molecule has 120 valence electrons. The third-order valence-electron chi connectivity index (χ3n) is 4.23. The number of nitrogens with zero attached hydrogens (tertiary/aromatic N) is 4. The lowest BCUT2D eigenvalue weighted by molar-refractivity contribution is 0.108. The first-order valence-electron chi connectivity index (χ1n) is 7.61. The molecule has 5 nitrogen and oxygen atoms in total. The molecule has 3 heterocycles. The van der Waals surface area contributed by atoms with E-state index in [1.165, 1.54) is 0 Å². The van der Waals surface area contributed by atoms with Gasteiger partial charge >= 0.3 is 0 Å². The van der Waals surface area contributed by atoms with Crippen LogP contribution in [0.15, 0.2) is 30.6 Å². The van der Waals surface area contributed by atoms with Crippen molar-refractivity contribution in [2.75, 3.05) is 38.1 Å². The van der Waals surface area contributed by atoms with Crippen molar-refractivity contribution in [2.45, 2.75) is 6.92 Å². The Kier molecular flexibility index (Phi) is 4.59. The van der Waals surface area contributed by atoms with Crippen LogP contribution in [0.3, 0.4) is 0 Å². The predicted molar refractivity (Wildman–Crippen MR) is 92.1 cm³/mol. The Morgan fingerprint density at radius 2 is 1.91 bits per heavy atom. The molecule has 0 amide bonds. The van der Waals surface area contributed by atoms with Gasteiger partial charge in [0.25, 0.3) is 5.24 Å². The van der Waals surface area contributed by atoms with Gasteiger partial charge in [0, 0.05) is 55.4 Å². The fourth-order valence-corrected chi connectivity index (χ4v) is 2.95. The number of pyridine rings is 2. The number of halogens is 1. The van der Waals surface area contributed by atoms with Gasteiger partial charge in [-0.2, -0.15) is 0 Å². The Bertz CT molecular complexity index is 726. The summed E-state index contributed by atoms with van der Waals surface area (Å²) in [6, 6.07) is 5.76. The van der Waals surface area contributed by atoms with Gasteiger partial charge in [-0.15, -0.1) is 0 Å². The van der Waals surface area contributed by atoms with Crippen molar-refractivity contribution in [3.05, 3.63) is 41.9 Å². The number of aryl methyl sites for hydroxylation is 1. The Labute approximate surface area is 140 Å². The van der Waals surface area contributed by atoms with E-state index in [0.717, 1.165) is 48.8 Å². The van der Waals surface area contributed by atoms with E-state index in [1.54, 1.807) is 12.4 Å². The number of likely N-dealkylation sites (N-methyl/N-ethyl adjacent to an activating group) is 1. The second-order valence-corrected chi connectivity index (χ2v) is 6.13. The highest BCUT2D eigenvalue weighted by molar-refractivity contribution is 6.68. The second kappa shape index (κ2) is 6.64. The van der Waals surface area contributed by atoms with Gasteiger partial charge in [-0.3, -0.25) is 9.78 Å². The van der Waals surface area contributed by atoms with Gasteiger partial charge < -0.3 is 9.80 Å². The lowest BCUT2D eigenvalue weighted by Crippen LogP contribution is -2.44. The zero-order valence-electron chi connectivity index (χ0n) is 13.3. The summed E-state index contributed by atoms with van der Waals surface area (Å²) >= 11 is 5.75. The molecule has 0 N–H and O–H groups in total. The zero-order valence-corrected chi connectivity index (χ0v) is 14.0. The SMILES string of the molecule is Cc1ncccc1-c1cc(N2CCN(C)CC2)ncc1C(=O)Cl. The van der Waals surface area contributed by atoms with Crippen molar-refractivity contribution < 1.29 is 4.79 Å². The van der Waals surface area contributed by atoms with Crippen LogP contribution in [0, 0.1) is 6.92 Å². The molecule has 1 saturated heterocycles.